The summed E-state index contributed by atoms with van der Waals surface area (Å²) < 4.78 is 13.8. The molecule has 0 unspecified atom stereocenters. The van der Waals surface area contributed by atoms with Crippen LogP contribution in [-0.2, 0) is 17.6 Å². The number of halogens is 2. The van der Waals surface area contributed by atoms with Gasteiger partial charge in [-0.25, -0.2) is 4.39 Å². The maximum atomic E-state index is 13.0. The molecule has 0 amide bonds. The van der Waals surface area contributed by atoms with Crippen molar-refractivity contribution in [1.29, 1.82) is 0 Å². The Labute approximate surface area is 111 Å². The van der Waals surface area contributed by atoms with Crippen molar-refractivity contribution in [1.82, 2.24) is 0 Å². The van der Waals surface area contributed by atoms with Gasteiger partial charge in [0.15, 0.2) is 0 Å². The minimum Gasteiger partial charge on any atom is -0.299 e. The number of benzene rings is 1. The number of thiophene rings is 1. The Morgan fingerprint density at radius 1 is 1.29 bits per heavy atom. The van der Waals surface area contributed by atoms with E-state index in [9.17, 15) is 9.18 Å². The van der Waals surface area contributed by atoms with Gasteiger partial charge in [-0.15, -0.1) is 0 Å². The number of ketones is 1. The van der Waals surface area contributed by atoms with Gasteiger partial charge in [-0.3, -0.25) is 4.79 Å². The van der Waals surface area contributed by atoms with Crippen LogP contribution < -0.4 is 0 Å². The fourth-order valence-electron chi connectivity index (χ4n) is 1.57. The Hall–Kier alpha value is -1.00. The summed E-state index contributed by atoms with van der Waals surface area (Å²) in [6.45, 7) is 0. The molecule has 0 bridgehead atoms. The van der Waals surface area contributed by atoms with Crippen molar-refractivity contribution >= 4 is 33.0 Å². The largest absolute Gasteiger partial charge is 0.299 e. The lowest BCUT2D eigenvalue weighted by Crippen LogP contribution is -2.06. The van der Waals surface area contributed by atoms with Gasteiger partial charge in [0.05, 0.1) is 0 Å². The zero-order chi connectivity index (χ0) is 12.3. The Balaban J connectivity index is 2.05. The Kier molecular flexibility index (Phi) is 4.07. The van der Waals surface area contributed by atoms with Gasteiger partial charge < -0.3 is 0 Å². The van der Waals surface area contributed by atoms with Gasteiger partial charge in [0.2, 0.25) is 0 Å². The SMILES string of the molecule is O=C(Cc1ccsc1)Cc1cc(F)ccc1Br. The fourth-order valence-corrected chi connectivity index (χ4v) is 2.63. The van der Waals surface area contributed by atoms with E-state index in [1.807, 2.05) is 16.8 Å². The smallest absolute Gasteiger partial charge is 0.141 e. The number of rotatable bonds is 4. The molecule has 0 fully saturated rings. The van der Waals surface area contributed by atoms with Crippen molar-refractivity contribution in [2.45, 2.75) is 12.8 Å². The third-order valence-electron chi connectivity index (χ3n) is 2.38. The molecule has 1 aromatic carbocycles. The lowest BCUT2D eigenvalue weighted by molar-refractivity contribution is -0.117. The number of hydrogen-bond acceptors (Lipinski definition) is 2. The van der Waals surface area contributed by atoms with Gasteiger partial charge in [0.25, 0.3) is 0 Å². The van der Waals surface area contributed by atoms with E-state index in [4.69, 9.17) is 0 Å². The summed E-state index contributed by atoms with van der Waals surface area (Å²) in [5, 5.41) is 3.90. The molecule has 0 N–H and O–H groups in total. The molecule has 17 heavy (non-hydrogen) atoms. The molecule has 0 atom stereocenters. The van der Waals surface area contributed by atoms with Crippen molar-refractivity contribution in [2.75, 3.05) is 0 Å². The van der Waals surface area contributed by atoms with Crippen molar-refractivity contribution in [3.05, 3.63) is 56.4 Å². The van der Waals surface area contributed by atoms with Crippen LogP contribution in [0.2, 0.25) is 0 Å². The summed E-state index contributed by atoms with van der Waals surface area (Å²) in [5.74, 6) is -0.221. The van der Waals surface area contributed by atoms with Gasteiger partial charge in [0, 0.05) is 17.3 Å². The highest BCUT2D eigenvalue weighted by molar-refractivity contribution is 9.10. The van der Waals surface area contributed by atoms with Crippen LogP contribution in [0.25, 0.3) is 0 Å². The van der Waals surface area contributed by atoms with Crippen LogP contribution in [0.15, 0.2) is 39.5 Å². The summed E-state index contributed by atoms with van der Waals surface area (Å²) in [6.07, 6.45) is 0.667. The van der Waals surface area contributed by atoms with Gasteiger partial charge in [-0.2, -0.15) is 11.3 Å². The summed E-state index contributed by atoms with van der Waals surface area (Å²) in [7, 11) is 0. The lowest BCUT2D eigenvalue weighted by atomic mass is 10.0. The van der Waals surface area contributed by atoms with Gasteiger partial charge in [0.1, 0.15) is 11.6 Å². The van der Waals surface area contributed by atoms with Crippen LogP contribution in [0.5, 0.6) is 0 Å². The first-order valence-electron chi connectivity index (χ1n) is 5.12. The zero-order valence-corrected chi connectivity index (χ0v) is 11.4. The Morgan fingerprint density at radius 2 is 2.12 bits per heavy atom. The maximum absolute atomic E-state index is 13.0. The molecule has 0 aliphatic heterocycles. The van der Waals surface area contributed by atoms with Crippen LogP contribution in [0.4, 0.5) is 4.39 Å². The second-order valence-electron chi connectivity index (χ2n) is 3.76. The van der Waals surface area contributed by atoms with E-state index in [0.29, 0.717) is 12.0 Å². The van der Waals surface area contributed by atoms with Gasteiger partial charge in [-0.05, 0) is 46.2 Å². The zero-order valence-electron chi connectivity index (χ0n) is 8.95. The monoisotopic (exact) mass is 312 g/mol. The number of carbonyl (C=O) groups is 1. The molecule has 0 saturated heterocycles. The molecule has 0 aliphatic rings. The number of carbonyl (C=O) groups excluding carboxylic acids is 1. The van der Waals surface area contributed by atoms with Crippen molar-refractivity contribution in [3.8, 4) is 0 Å². The lowest BCUT2D eigenvalue weighted by Gasteiger charge is -2.03. The molecular weight excluding hydrogens is 303 g/mol. The molecule has 1 aromatic heterocycles. The summed E-state index contributed by atoms with van der Waals surface area (Å²) in [6, 6.07) is 6.33. The minimum absolute atomic E-state index is 0.0923. The minimum atomic E-state index is -0.313. The summed E-state index contributed by atoms with van der Waals surface area (Å²) in [4.78, 5) is 11.8. The highest BCUT2D eigenvalue weighted by atomic mass is 79.9. The first-order chi connectivity index (χ1) is 8.15. The highest BCUT2D eigenvalue weighted by Gasteiger charge is 2.09. The van der Waals surface area contributed by atoms with Crippen molar-refractivity contribution < 1.29 is 9.18 Å². The van der Waals surface area contributed by atoms with Gasteiger partial charge >= 0.3 is 0 Å². The van der Waals surface area contributed by atoms with E-state index >= 15 is 0 Å². The van der Waals surface area contributed by atoms with E-state index in [1.165, 1.54) is 12.1 Å². The second-order valence-corrected chi connectivity index (χ2v) is 5.39. The van der Waals surface area contributed by atoms with Crippen LogP contribution in [-0.4, -0.2) is 5.78 Å². The van der Waals surface area contributed by atoms with Crippen molar-refractivity contribution in [2.24, 2.45) is 0 Å². The number of hydrogen-bond donors (Lipinski definition) is 0. The van der Waals surface area contributed by atoms with Crippen LogP contribution in [0, 0.1) is 5.82 Å². The van der Waals surface area contributed by atoms with E-state index in [0.717, 1.165) is 10.0 Å². The second kappa shape index (κ2) is 5.56. The van der Waals surface area contributed by atoms with Crippen LogP contribution in [0.1, 0.15) is 11.1 Å². The molecule has 0 spiro atoms. The molecule has 2 rings (SSSR count). The van der Waals surface area contributed by atoms with Gasteiger partial charge in [-0.1, -0.05) is 15.9 Å². The quantitative estimate of drug-likeness (QED) is 0.834. The van der Waals surface area contributed by atoms with E-state index in [1.54, 1.807) is 17.4 Å². The molecule has 1 nitrogen and oxygen atoms in total. The first-order valence-corrected chi connectivity index (χ1v) is 6.85. The van der Waals surface area contributed by atoms with E-state index < -0.39 is 0 Å². The Morgan fingerprint density at radius 3 is 2.82 bits per heavy atom. The predicted molar refractivity (Wildman–Crippen MR) is 70.8 cm³/mol. The van der Waals surface area contributed by atoms with Crippen molar-refractivity contribution in [3.63, 3.8) is 0 Å². The number of Topliss-reactive ketones (excluding diaryl/α,β-unsaturated/α-hetero) is 1. The molecule has 0 radical (unpaired) electrons. The molecule has 88 valence electrons. The third-order valence-corrected chi connectivity index (χ3v) is 3.88. The molecule has 0 saturated carbocycles. The highest BCUT2D eigenvalue weighted by Crippen LogP contribution is 2.19. The molecule has 4 heteroatoms. The standard InChI is InChI=1S/C13H10BrFOS/c14-13-2-1-11(15)6-10(13)7-12(16)5-9-3-4-17-8-9/h1-4,6,8H,5,7H2. The molecule has 2 aromatic rings. The average molecular weight is 313 g/mol. The molecular formula is C13H10BrFOS. The maximum Gasteiger partial charge on any atom is 0.141 e. The summed E-state index contributed by atoms with van der Waals surface area (Å²) >= 11 is 4.89. The third kappa shape index (κ3) is 3.48. The first kappa shape index (κ1) is 12.5. The van der Waals surface area contributed by atoms with E-state index in [2.05, 4.69) is 15.9 Å². The predicted octanol–water partition coefficient (Wildman–Crippen LogP) is 4.00. The van der Waals surface area contributed by atoms with Crippen LogP contribution >= 0.6 is 27.3 Å². The topological polar surface area (TPSA) is 17.1 Å². The molecule has 1 heterocycles. The normalized spacial score (nSPS) is 10.5. The average Bonchev–Trinajstić information content (AvgIpc) is 2.76. The fraction of sp³-hybridized carbons (Fsp3) is 0.154. The molecule has 0 aliphatic carbocycles. The summed E-state index contributed by atoms with van der Waals surface area (Å²) in [5.41, 5.74) is 1.72. The van der Waals surface area contributed by atoms with Crippen LogP contribution in [0.3, 0.4) is 0 Å². The van der Waals surface area contributed by atoms with E-state index in [-0.39, 0.29) is 18.0 Å². The Bertz CT molecular complexity index is 522.